The third-order valence-electron chi connectivity index (χ3n) is 1.74. The SMILES string of the molecule is C/C=C/C=C/C(=O)OC(=O)c1ccccc1.[KH]. The summed E-state index contributed by atoms with van der Waals surface area (Å²) < 4.78 is 4.58. The Kier molecular flexibility index (Phi) is 9.21. The normalized spacial score (nSPS) is 10.2. The molecule has 3 nitrogen and oxygen atoms in total. The molecule has 0 fully saturated rings. The van der Waals surface area contributed by atoms with Crippen LogP contribution in [0.4, 0.5) is 0 Å². The molecule has 0 bridgehead atoms. The van der Waals surface area contributed by atoms with E-state index >= 15 is 0 Å². The first-order valence-electron chi connectivity index (χ1n) is 4.84. The molecule has 0 aliphatic heterocycles. The number of hydrogen-bond acceptors (Lipinski definition) is 3. The molecular weight excluding hydrogens is 243 g/mol. The number of rotatable bonds is 3. The zero-order valence-corrected chi connectivity index (χ0v) is 8.92. The van der Waals surface area contributed by atoms with Crippen LogP contribution in [0.1, 0.15) is 17.3 Å². The van der Waals surface area contributed by atoms with Gasteiger partial charge in [0.2, 0.25) is 0 Å². The summed E-state index contributed by atoms with van der Waals surface area (Å²) in [6, 6.07) is 8.37. The van der Waals surface area contributed by atoms with E-state index < -0.39 is 11.9 Å². The fraction of sp³-hybridized carbons (Fsp3) is 0.0769. The van der Waals surface area contributed by atoms with Gasteiger partial charge in [-0.3, -0.25) is 0 Å². The Hall–Kier alpha value is -0.524. The molecule has 0 saturated heterocycles. The molecule has 4 heteroatoms. The predicted molar refractivity (Wildman–Crippen MR) is 68.0 cm³/mol. The predicted octanol–water partition coefficient (Wildman–Crippen LogP) is 1.85. The van der Waals surface area contributed by atoms with E-state index in [1.165, 1.54) is 12.2 Å². The van der Waals surface area contributed by atoms with Crippen LogP contribution in [0.15, 0.2) is 54.6 Å². The van der Waals surface area contributed by atoms with Gasteiger partial charge in [-0.1, -0.05) is 36.4 Å². The zero-order valence-electron chi connectivity index (χ0n) is 8.92. The second-order valence-electron chi connectivity index (χ2n) is 2.96. The number of ether oxygens (including phenoxy) is 1. The minimum atomic E-state index is -0.674. The summed E-state index contributed by atoms with van der Waals surface area (Å²) in [6.45, 7) is 1.82. The number of esters is 2. The Morgan fingerprint density at radius 2 is 1.76 bits per heavy atom. The Labute approximate surface area is 143 Å². The summed E-state index contributed by atoms with van der Waals surface area (Å²) in [5.41, 5.74) is 0.357. The van der Waals surface area contributed by atoms with Gasteiger partial charge in [0.15, 0.2) is 0 Å². The summed E-state index contributed by atoms with van der Waals surface area (Å²) in [7, 11) is 0. The van der Waals surface area contributed by atoms with E-state index in [0.717, 1.165) is 0 Å². The topological polar surface area (TPSA) is 43.4 Å². The van der Waals surface area contributed by atoms with Crippen molar-refractivity contribution in [1.82, 2.24) is 0 Å². The van der Waals surface area contributed by atoms with E-state index in [1.54, 1.807) is 42.5 Å². The maximum absolute atomic E-state index is 11.4. The molecule has 0 saturated carbocycles. The number of benzene rings is 1. The Bertz CT molecular complexity index is 422. The van der Waals surface area contributed by atoms with Gasteiger partial charge in [0.25, 0.3) is 0 Å². The molecular formula is C13H13KO3. The Morgan fingerprint density at radius 1 is 1.12 bits per heavy atom. The van der Waals surface area contributed by atoms with Crippen LogP contribution in [-0.2, 0) is 9.53 Å². The summed E-state index contributed by atoms with van der Waals surface area (Å²) in [5.74, 6) is -1.32. The van der Waals surface area contributed by atoms with E-state index in [0.29, 0.717) is 5.56 Å². The maximum atomic E-state index is 11.4. The average molecular weight is 256 g/mol. The second-order valence-corrected chi connectivity index (χ2v) is 2.96. The summed E-state index contributed by atoms with van der Waals surface area (Å²) in [5, 5.41) is 0. The van der Waals surface area contributed by atoms with Crippen LogP contribution in [-0.4, -0.2) is 63.3 Å². The van der Waals surface area contributed by atoms with E-state index in [4.69, 9.17) is 0 Å². The van der Waals surface area contributed by atoms with Crippen molar-refractivity contribution >= 4 is 63.3 Å². The van der Waals surface area contributed by atoms with Gasteiger partial charge in [-0.2, -0.15) is 0 Å². The standard InChI is InChI=1S/C13H12O3.K.H/c1-2-3-5-10-12(14)16-13(15)11-8-6-4-7-9-11;;/h2-10H,1H3;;/b3-2+,10-5+;;. The number of carbonyl (C=O) groups excluding carboxylic acids is 2. The molecule has 1 rings (SSSR count). The molecule has 0 unspecified atom stereocenters. The van der Waals surface area contributed by atoms with Gasteiger partial charge >= 0.3 is 63.3 Å². The summed E-state index contributed by atoms with van der Waals surface area (Å²) in [4.78, 5) is 22.5. The molecule has 0 N–H and O–H groups in total. The molecule has 0 atom stereocenters. The van der Waals surface area contributed by atoms with E-state index in [1.807, 2.05) is 6.92 Å². The first-order chi connectivity index (χ1) is 7.74. The van der Waals surface area contributed by atoms with E-state index in [2.05, 4.69) is 4.74 Å². The van der Waals surface area contributed by atoms with Crippen molar-refractivity contribution in [1.29, 1.82) is 0 Å². The number of allylic oxidation sites excluding steroid dienone is 3. The molecule has 1 aromatic rings. The van der Waals surface area contributed by atoms with E-state index in [9.17, 15) is 9.59 Å². The second kappa shape index (κ2) is 9.50. The quantitative estimate of drug-likeness (QED) is 0.272. The average Bonchev–Trinajstić information content (AvgIpc) is 2.30. The first kappa shape index (κ1) is 16.5. The molecule has 0 spiro atoms. The van der Waals surface area contributed by atoms with Crippen LogP contribution in [0.2, 0.25) is 0 Å². The number of carbonyl (C=O) groups is 2. The van der Waals surface area contributed by atoms with E-state index in [-0.39, 0.29) is 51.4 Å². The van der Waals surface area contributed by atoms with Crippen LogP contribution in [0.5, 0.6) is 0 Å². The van der Waals surface area contributed by atoms with Crippen molar-refractivity contribution in [2.45, 2.75) is 6.92 Å². The number of hydrogen-bond donors (Lipinski definition) is 0. The minimum absolute atomic E-state index is 0. The van der Waals surface area contributed by atoms with Crippen molar-refractivity contribution in [2.24, 2.45) is 0 Å². The fourth-order valence-corrected chi connectivity index (χ4v) is 1.00. The Balaban J connectivity index is 0.00000256. The van der Waals surface area contributed by atoms with Gasteiger partial charge in [0.1, 0.15) is 0 Å². The molecule has 1 aromatic carbocycles. The van der Waals surface area contributed by atoms with Crippen molar-refractivity contribution in [3.63, 3.8) is 0 Å². The summed E-state index contributed by atoms with van der Waals surface area (Å²) in [6.07, 6.45) is 6.15. The van der Waals surface area contributed by atoms with Gasteiger partial charge in [-0.05, 0) is 19.1 Å². The summed E-state index contributed by atoms with van der Waals surface area (Å²) >= 11 is 0. The molecule has 0 aliphatic carbocycles. The molecule has 17 heavy (non-hydrogen) atoms. The van der Waals surface area contributed by atoms with Crippen molar-refractivity contribution in [3.8, 4) is 0 Å². The Morgan fingerprint density at radius 3 is 2.35 bits per heavy atom. The first-order valence-corrected chi connectivity index (χ1v) is 4.84. The van der Waals surface area contributed by atoms with Gasteiger partial charge in [0.05, 0.1) is 5.56 Å². The molecule has 0 radical (unpaired) electrons. The van der Waals surface area contributed by atoms with Gasteiger partial charge in [0, 0.05) is 6.08 Å². The van der Waals surface area contributed by atoms with Crippen LogP contribution < -0.4 is 0 Å². The van der Waals surface area contributed by atoms with Crippen LogP contribution in [0.3, 0.4) is 0 Å². The third-order valence-corrected chi connectivity index (χ3v) is 1.74. The zero-order chi connectivity index (χ0) is 11.8. The van der Waals surface area contributed by atoms with Gasteiger partial charge in [-0.25, -0.2) is 9.59 Å². The van der Waals surface area contributed by atoms with Crippen LogP contribution in [0, 0.1) is 0 Å². The van der Waals surface area contributed by atoms with Crippen molar-refractivity contribution < 1.29 is 14.3 Å². The molecule has 0 heterocycles. The van der Waals surface area contributed by atoms with Gasteiger partial charge in [-0.15, -0.1) is 0 Å². The molecule has 0 aliphatic rings. The molecule has 84 valence electrons. The monoisotopic (exact) mass is 256 g/mol. The van der Waals surface area contributed by atoms with Gasteiger partial charge < -0.3 is 4.74 Å². The van der Waals surface area contributed by atoms with Crippen molar-refractivity contribution in [2.75, 3.05) is 0 Å². The molecule has 0 amide bonds. The fourth-order valence-electron chi connectivity index (χ4n) is 1.00. The van der Waals surface area contributed by atoms with Crippen molar-refractivity contribution in [3.05, 3.63) is 60.2 Å². The third kappa shape index (κ3) is 6.70. The van der Waals surface area contributed by atoms with Crippen LogP contribution in [0.25, 0.3) is 0 Å². The van der Waals surface area contributed by atoms with Crippen LogP contribution >= 0.6 is 0 Å². The molecule has 0 aromatic heterocycles.